The normalized spacial score (nSPS) is 12.5. The number of fused-ring (bicyclic) bond motifs is 2. The fraction of sp³-hybridized carbons (Fsp3) is 0.235. The lowest BCUT2D eigenvalue weighted by molar-refractivity contribution is -0.118. The molecule has 0 saturated carbocycles. The minimum absolute atomic E-state index is 0.103. The van der Waals surface area contributed by atoms with Crippen LogP contribution in [0.3, 0.4) is 0 Å². The predicted molar refractivity (Wildman–Crippen MR) is 91.7 cm³/mol. The maximum atomic E-state index is 12.0. The van der Waals surface area contributed by atoms with Crippen molar-refractivity contribution in [1.82, 2.24) is 15.3 Å². The van der Waals surface area contributed by atoms with Crippen LogP contribution in [0, 0.1) is 6.92 Å². The SMILES string of the molecule is Cc1ccc2oc(SCC(=O)NCc3ccc4c(c3)OCO4)nc2n1. The molecule has 3 aromatic rings. The molecule has 0 atom stereocenters. The lowest BCUT2D eigenvalue weighted by Crippen LogP contribution is -2.24. The highest BCUT2D eigenvalue weighted by Crippen LogP contribution is 2.32. The summed E-state index contributed by atoms with van der Waals surface area (Å²) in [5.41, 5.74) is 3.00. The summed E-state index contributed by atoms with van der Waals surface area (Å²) in [6.07, 6.45) is 0. The molecule has 0 saturated heterocycles. The number of nitrogens with zero attached hydrogens (tertiary/aromatic N) is 2. The van der Waals surface area contributed by atoms with E-state index in [1.165, 1.54) is 11.8 Å². The highest BCUT2D eigenvalue weighted by Gasteiger charge is 2.14. The van der Waals surface area contributed by atoms with E-state index in [4.69, 9.17) is 13.9 Å². The van der Waals surface area contributed by atoms with E-state index in [0.717, 1.165) is 17.0 Å². The topological polar surface area (TPSA) is 86.5 Å². The number of amides is 1. The largest absolute Gasteiger partial charge is 0.454 e. The van der Waals surface area contributed by atoms with Gasteiger partial charge in [0.2, 0.25) is 12.7 Å². The van der Waals surface area contributed by atoms with Crippen LogP contribution in [0.4, 0.5) is 0 Å². The van der Waals surface area contributed by atoms with Crippen LogP contribution in [-0.2, 0) is 11.3 Å². The number of ether oxygens (including phenoxy) is 2. The first-order valence-corrected chi connectivity index (χ1v) is 8.68. The number of hydrogen-bond donors (Lipinski definition) is 1. The number of carbonyl (C=O) groups is 1. The monoisotopic (exact) mass is 357 g/mol. The zero-order chi connectivity index (χ0) is 17.2. The van der Waals surface area contributed by atoms with Gasteiger partial charge in [-0.1, -0.05) is 17.8 Å². The maximum Gasteiger partial charge on any atom is 0.258 e. The second kappa shape index (κ2) is 6.64. The van der Waals surface area contributed by atoms with E-state index >= 15 is 0 Å². The van der Waals surface area contributed by atoms with Gasteiger partial charge in [0.05, 0.1) is 5.75 Å². The minimum Gasteiger partial charge on any atom is -0.454 e. The van der Waals surface area contributed by atoms with Gasteiger partial charge in [-0.2, -0.15) is 4.98 Å². The lowest BCUT2D eigenvalue weighted by Gasteiger charge is -2.05. The lowest BCUT2D eigenvalue weighted by atomic mass is 10.2. The van der Waals surface area contributed by atoms with Crippen molar-refractivity contribution in [2.45, 2.75) is 18.7 Å². The molecule has 0 aliphatic carbocycles. The number of oxazole rings is 1. The Morgan fingerprint density at radius 2 is 2.08 bits per heavy atom. The number of thioether (sulfide) groups is 1. The molecule has 0 unspecified atom stereocenters. The second-order valence-electron chi connectivity index (χ2n) is 5.51. The first-order valence-electron chi connectivity index (χ1n) is 7.69. The summed E-state index contributed by atoms with van der Waals surface area (Å²) in [6.45, 7) is 2.55. The van der Waals surface area contributed by atoms with Gasteiger partial charge < -0.3 is 19.2 Å². The van der Waals surface area contributed by atoms with Gasteiger partial charge in [0, 0.05) is 12.2 Å². The average molecular weight is 357 g/mol. The molecular formula is C17H15N3O4S. The van der Waals surface area contributed by atoms with E-state index in [0.29, 0.717) is 28.7 Å². The predicted octanol–water partition coefficient (Wildman–Crippen LogP) is 2.67. The van der Waals surface area contributed by atoms with E-state index in [-0.39, 0.29) is 18.5 Å². The Kier molecular flexibility index (Phi) is 4.19. The highest BCUT2D eigenvalue weighted by molar-refractivity contribution is 7.99. The second-order valence-corrected chi connectivity index (χ2v) is 6.43. The number of nitrogens with one attached hydrogen (secondary N) is 1. The summed E-state index contributed by atoms with van der Waals surface area (Å²) in [7, 11) is 0. The molecule has 1 aliphatic heterocycles. The summed E-state index contributed by atoms with van der Waals surface area (Å²) >= 11 is 1.24. The van der Waals surface area contributed by atoms with Crippen LogP contribution in [0.15, 0.2) is 40.0 Å². The molecular weight excluding hydrogens is 342 g/mol. The van der Waals surface area contributed by atoms with Crippen LogP contribution < -0.4 is 14.8 Å². The molecule has 0 spiro atoms. The van der Waals surface area contributed by atoms with Crippen molar-refractivity contribution < 1.29 is 18.7 Å². The first kappa shape index (κ1) is 15.8. The molecule has 0 bridgehead atoms. The molecule has 1 N–H and O–H groups in total. The fourth-order valence-corrected chi connectivity index (χ4v) is 3.04. The number of aromatic nitrogens is 2. The Morgan fingerprint density at radius 1 is 1.20 bits per heavy atom. The molecule has 128 valence electrons. The van der Waals surface area contributed by atoms with Gasteiger partial charge in [-0.15, -0.1) is 0 Å². The van der Waals surface area contributed by atoms with Gasteiger partial charge >= 0.3 is 0 Å². The molecule has 25 heavy (non-hydrogen) atoms. The molecule has 4 rings (SSSR count). The third-order valence-corrected chi connectivity index (χ3v) is 4.45. The molecule has 1 aliphatic rings. The van der Waals surface area contributed by atoms with Gasteiger partial charge in [0.15, 0.2) is 22.7 Å². The third-order valence-electron chi connectivity index (χ3n) is 3.63. The smallest absolute Gasteiger partial charge is 0.258 e. The molecule has 1 aromatic carbocycles. The highest BCUT2D eigenvalue weighted by atomic mass is 32.2. The summed E-state index contributed by atoms with van der Waals surface area (Å²) in [5.74, 6) is 1.55. The van der Waals surface area contributed by atoms with Crippen LogP contribution >= 0.6 is 11.8 Å². The summed E-state index contributed by atoms with van der Waals surface area (Å²) in [4.78, 5) is 20.6. The van der Waals surface area contributed by atoms with Crippen molar-refractivity contribution in [1.29, 1.82) is 0 Å². The first-order chi connectivity index (χ1) is 12.2. The number of aryl methyl sites for hydroxylation is 1. The van der Waals surface area contributed by atoms with Crippen LogP contribution in [0.25, 0.3) is 11.2 Å². The minimum atomic E-state index is -0.103. The Balaban J connectivity index is 1.31. The Bertz CT molecular complexity index is 941. The Labute approximate surface area is 147 Å². The molecule has 1 amide bonds. The molecule has 2 aromatic heterocycles. The molecule has 8 heteroatoms. The number of rotatable bonds is 5. The fourth-order valence-electron chi connectivity index (χ4n) is 2.38. The van der Waals surface area contributed by atoms with E-state index in [1.54, 1.807) is 0 Å². The number of hydrogen-bond acceptors (Lipinski definition) is 7. The van der Waals surface area contributed by atoms with Crippen molar-refractivity contribution in [3.8, 4) is 11.5 Å². The van der Waals surface area contributed by atoms with E-state index in [9.17, 15) is 4.79 Å². The van der Waals surface area contributed by atoms with Crippen LogP contribution in [-0.4, -0.2) is 28.4 Å². The summed E-state index contributed by atoms with van der Waals surface area (Å²) < 4.78 is 16.2. The maximum absolute atomic E-state index is 12.0. The van der Waals surface area contributed by atoms with E-state index < -0.39 is 0 Å². The standard InChI is InChI=1S/C17H15N3O4S/c1-10-2-4-13-16(19-10)20-17(24-13)25-8-15(21)18-7-11-3-5-12-14(6-11)23-9-22-12/h2-6H,7-9H2,1H3,(H,18,21). The molecule has 7 nitrogen and oxygen atoms in total. The van der Waals surface area contributed by atoms with Gasteiger partial charge in [-0.05, 0) is 36.8 Å². The van der Waals surface area contributed by atoms with Crippen molar-refractivity contribution in [2.75, 3.05) is 12.5 Å². The van der Waals surface area contributed by atoms with E-state index in [1.807, 2.05) is 37.3 Å². The zero-order valence-corrected chi connectivity index (χ0v) is 14.3. The van der Waals surface area contributed by atoms with E-state index in [2.05, 4.69) is 15.3 Å². The third kappa shape index (κ3) is 3.53. The van der Waals surface area contributed by atoms with Crippen molar-refractivity contribution in [3.63, 3.8) is 0 Å². The average Bonchev–Trinajstić information content (AvgIpc) is 3.23. The zero-order valence-electron chi connectivity index (χ0n) is 13.4. The summed E-state index contributed by atoms with van der Waals surface area (Å²) in [5, 5.41) is 3.30. The molecule has 0 fully saturated rings. The Hall–Kier alpha value is -2.74. The van der Waals surface area contributed by atoms with Crippen LogP contribution in [0.2, 0.25) is 0 Å². The quantitative estimate of drug-likeness (QED) is 0.703. The van der Waals surface area contributed by atoms with Crippen molar-refractivity contribution in [2.24, 2.45) is 0 Å². The number of carbonyl (C=O) groups excluding carboxylic acids is 1. The molecule has 3 heterocycles. The Morgan fingerprint density at radius 3 is 3.00 bits per heavy atom. The van der Waals surface area contributed by atoms with Gasteiger partial charge in [-0.25, -0.2) is 4.98 Å². The van der Waals surface area contributed by atoms with Gasteiger partial charge in [0.1, 0.15) is 0 Å². The number of pyridine rings is 1. The molecule has 0 radical (unpaired) electrons. The van der Waals surface area contributed by atoms with Crippen molar-refractivity contribution >= 4 is 28.9 Å². The van der Waals surface area contributed by atoms with Crippen LogP contribution in [0.1, 0.15) is 11.3 Å². The van der Waals surface area contributed by atoms with Crippen molar-refractivity contribution in [3.05, 3.63) is 41.6 Å². The summed E-state index contributed by atoms with van der Waals surface area (Å²) in [6, 6.07) is 9.29. The van der Waals surface area contributed by atoms with Gasteiger partial charge in [-0.3, -0.25) is 4.79 Å². The van der Waals surface area contributed by atoms with Gasteiger partial charge in [0.25, 0.3) is 5.22 Å². The number of benzene rings is 1. The van der Waals surface area contributed by atoms with Crippen LogP contribution in [0.5, 0.6) is 11.5 Å².